The summed E-state index contributed by atoms with van der Waals surface area (Å²) in [5, 5.41) is 4.77. The lowest BCUT2D eigenvalue weighted by Gasteiger charge is -2.08. The van der Waals surface area contributed by atoms with E-state index in [4.69, 9.17) is 4.74 Å². The number of anilines is 2. The van der Waals surface area contributed by atoms with Crippen molar-refractivity contribution in [3.63, 3.8) is 0 Å². The minimum Gasteiger partial charge on any atom is -0.383 e. The van der Waals surface area contributed by atoms with E-state index >= 15 is 0 Å². The van der Waals surface area contributed by atoms with Crippen LogP contribution in [-0.4, -0.2) is 33.7 Å². The molecule has 0 aliphatic carbocycles. The van der Waals surface area contributed by atoms with Gasteiger partial charge in [-0.05, 0) is 23.6 Å². The van der Waals surface area contributed by atoms with Gasteiger partial charge in [0.05, 0.1) is 18.5 Å². The van der Waals surface area contributed by atoms with E-state index in [2.05, 4.69) is 15.0 Å². The third-order valence-corrected chi connectivity index (χ3v) is 5.17. The van der Waals surface area contributed by atoms with Crippen molar-refractivity contribution in [3.8, 4) is 0 Å². The second-order valence-electron chi connectivity index (χ2n) is 3.89. The van der Waals surface area contributed by atoms with Gasteiger partial charge in [-0.2, -0.15) is 0 Å². The standard InChI is InChI=1S/C12H15N3O3S2/c1-18-7-6-13-11-5-4-10(9-14-11)15-20(16,17)12-3-2-8-19-12/h2-5,8-9,15H,6-7H2,1H3,(H,13,14). The van der Waals surface area contributed by atoms with Crippen LogP contribution in [0.3, 0.4) is 0 Å². The Balaban J connectivity index is 2.00. The zero-order valence-electron chi connectivity index (χ0n) is 10.9. The smallest absolute Gasteiger partial charge is 0.271 e. The summed E-state index contributed by atoms with van der Waals surface area (Å²) >= 11 is 1.17. The van der Waals surface area contributed by atoms with Crippen molar-refractivity contribution in [1.82, 2.24) is 4.98 Å². The Bertz CT molecular complexity index is 624. The molecular formula is C12H15N3O3S2. The summed E-state index contributed by atoms with van der Waals surface area (Å²) in [6, 6.07) is 6.62. The summed E-state index contributed by atoms with van der Waals surface area (Å²) in [5.41, 5.74) is 0.427. The van der Waals surface area contributed by atoms with Gasteiger partial charge in [0.15, 0.2) is 0 Å². The van der Waals surface area contributed by atoms with E-state index in [1.54, 1.807) is 36.8 Å². The molecule has 2 aromatic rings. The van der Waals surface area contributed by atoms with Gasteiger partial charge in [0.1, 0.15) is 10.0 Å². The normalized spacial score (nSPS) is 11.2. The number of nitrogens with one attached hydrogen (secondary N) is 2. The molecule has 0 bridgehead atoms. The molecule has 6 nitrogen and oxygen atoms in total. The van der Waals surface area contributed by atoms with Crippen molar-refractivity contribution >= 4 is 32.9 Å². The van der Waals surface area contributed by atoms with Crippen LogP contribution in [0.4, 0.5) is 11.5 Å². The highest BCUT2D eigenvalue weighted by Crippen LogP contribution is 2.20. The van der Waals surface area contributed by atoms with Crippen molar-refractivity contribution in [2.75, 3.05) is 30.3 Å². The SMILES string of the molecule is COCCNc1ccc(NS(=O)(=O)c2cccs2)cn1. The Morgan fingerprint density at radius 1 is 1.35 bits per heavy atom. The Kier molecular flexibility index (Phi) is 4.94. The Morgan fingerprint density at radius 2 is 2.20 bits per heavy atom. The number of sulfonamides is 1. The van der Waals surface area contributed by atoms with Crippen LogP contribution in [0, 0.1) is 0 Å². The monoisotopic (exact) mass is 313 g/mol. The first-order valence-electron chi connectivity index (χ1n) is 5.87. The molecule has 8 heteroatoms. The number of methoxy groups -OCH3 is 1. The van der Waals surface area contributed by atoms with Crippen LogP contribution in [0.25, 0.3) is 0 Å². The Morgan fingerprint density at radius 3 is 2.80 bits per heavy atom. The minimum atomic E-state index is -3.52. The number of hydrogen-bond acceptors (Lipinski definition) is 6. The average Bonchev–Trinajstić information content (AvgIpc) is 2.95. The first kappa shape index (κ1) is 14.8. The van der Waals surface area contributed by atoms with Gasteiger partial charge in [-0.15, -0.1) is 11.3 Å². The molecule has 2 aromatic heterocycles. The molecule has 0 atom stereocenters. The van der Waals surface area contributed by atoms with E-state index in [9.17, 15) is 8.42 Å². The van der Waals surface area contributed by atoms with Crippen molar-refractivity contribution in [3.05, 3.63) is 35.8 Å². The third kappa shape index (κ3) is 3.92. The van der Waals surface area contributed by atoms with E-state index in [1.165, 1.54) is 17.5 Å². The van der Waals surface area contributed by atoms with Gasteiger partial charge in [0.2, 0.25) is 0 Å². The number of hydrogen-bond donors (Lipinski definition) is 2. The van der Waals surface area contributed by atoms with Crippen LogP contribution in [0.15, 0.2) is 40.1 Å². The number of rotatable bonds is 7. The number of aromatic nitrogens is 1. The zero-order chi connectivity index (χ0) is 14.4. The lowest BCUT2D eigenvalue weighted by molar-refractivity contribution is 0.210. The van der Waals surface area contributed by atoms with Gasteiger partial charge in [0, 0.05) is 13.7 Å². The van der Waals surface area contributed by atoms with E-state index in [0.29, 0.717) is 24.7 Å². The lowest BCUT2D eigenvalue weighted by atomic mass is 10.4. The average molecular weight is 313 g/mol. The molecule has 0 aliphatic heterocycles. The van der Waals surface area contributed by atoms with Gasteiger partial charge < -0.3 is 10.1 Å². The number of thiophene rings is 1. The van der Waals surface area contributed by atoms with E-state index in [1.807, 2.05) is 0 Å². The molecule has 2 rings (SSSR count). The molecule has 0 fully saturated rings. The quantitative estimate of drug-likeness (QED) is 0.764. The molecule has 20 heavy (non-hydrogen) atoms. The maximum Gasteiger partial charge on any atom is 0.271 e. The van der Waals surface area contributed by atoms with Crippen molar-refractivity contribution in [1.29, 1.82) is 0 Å². The largest absolute Gasteiger partial charge is 0.383 e. The van der Waals surface area contributed by atoms with Gasteiger partial charge in [-0.25, -0.2) is 13.4 Å². The summed E-state index contributed by atoms with van der Waals surface area (Å²) in [6.07, 6.45) is 1.47. The van der Waals surface area contributed by atoms with Crippen molar-refractivity contribution < 1.29 is 13.2 Å². The topological polar surface area (TPSA) is 80.3 Å². The van der Waals surface area contributed by atoms with Crippen LogP contribution in [0.2, 0.25) is 0 Å². The van der Waals surface area contributed by atoms with Crippen LogP contribution in [0.5, 0.6) is 0 Å². The molecule has 0 saturated heterocycles. The second-order valence-corrected chi connectivity index (χ2v) is 6.75. The lowest BCUT2D eigenvalue weighted by Crippen LogP contribution is -2.12. The molecule has 0 aromatic carbocycles. The second kappa shape index (κ2) is 6.69. The summed E-state index contributed by atoms with van der Waals surface area (Å²) in [4.78, 5) is 4.13. The maximum atomic E-state index is 12.0. The number of nitrogens with zero attached hydrogens (tertiary/aromatic N) is 1. The highest BCUT2D eigenvalue weighted by molar-refractivity contribution is 7.94. The Hall–Kier alpha value is -1.64. The summed E-state index contributed by atoms with van der Waals surface area (Å²) in [6.45, 7) is 1.22. The summed E-state index contributed by atoms with van der Waals surface area (Å²) in [5.74, 6) is 0.668. The summed E-state index contributed by atoms with van der Waals surface area (Å²) in [7, 11) is -1.89. The molecule has 0 spiro atoms. The molecule has 2 heterocycles. The number of pyridine rings is 1. The third-order valence-electron chi connectivity index (χ3n) is 2.39. The minimum absolute atomic E-state index is 0.278. The van der Waals surface area contributed by atoms with Crippen LogP contribution in [-0.2, 0) is 14.8 Å². The van der Waals surface area contributed by atoms with Crippen LogP contribution >= 0.6 is 11.3 Å². The highest BCUT2D eigenvalue weighted by atomic mass is 32.2. The summed E-state index contributed by atoms with van der Waals surface area (Å²) < 4.78 is 31.7. The zero-order valence-corrected chi connectivity index (χ0v) is 12.5. The maximum absolute atomic E-state index is 12.0. The fourth-order valence-corrected chi connectivity index (χ4v) is 3.50. The predicted octanol–water partition coefficient (Wildman–Crippen LogP) is 2.00. The fourth-order valence-electron chi connectivity index (χ4n) is 1.46. The predicted molar refractivity (Wildman–Crippen MR) is 79.7 cm³/mol. The Labute approximate surface area is 121 Å². The molecule has 0 aliphatic rings. The van der Waals surface area contributed by atoms with Gasteiger partial charge in [-0.1, -0.05) is 6.07 Å². The number of ether oxygens (including phenoxy) is 1. The van der Waals surface area contributed by atoms with Crippen molar-refractivity contribution in [2.24, 2.45) is 0 Å². The molecule has 0 saturated carbocycles. The van der Waals surface area contributed by atoms with E-state index in [-0.39, 0.29) is 4.21 Å². The van der Waals surface area contributed by atoms with Crippen LogP contribution < -0.4 is 10.0 Å². The van der Waals surface area contributed by atoms with E-state index in [0.717, 1.165) is 0 Å². The molecular weight excluding hydrogens is 298 g/mol. The van der Waals surface area contributed by atoms with Crippen molar-refractivity contribution in [2.45, 2.75) is 4.21 Å². The molecule has 108 valence electrons. The molecule has 0 amide bonds. The van der Waals surface area contributed by atoms with Gasteiger partial charge in [-0.3, -0.25) is 4.72 Å². The molecule has 2 N–H and O–H groups in total. The first-order chi connectivity index (χ1) is 9.62. The van der Waals surface area contributed by atoms with Gasteiger partial charge >= 0.3 is 0 Å². The van der Waals surface area contributed by atoms with Crippen LogP contribution in [0.1, 0.15) is 0 Å². The first-order valence-corrected chi connectivity index (χ1v) is 8.23. The van der Waals surface area contributed by atoms with Gasteiger partial charge in [0.25, 0.3) is 10.0 Å². The fraction of sp³-hybridized carbons (Fsp3) is 0.250. The highest BCUT2D eigenvalue weighted by Gasteiger charge is 2.14. The molecule has 0 radical (unpaired) electrons. The molecule has 0 unspecified atom stereocenters. The van der Waals surface area contributed by atoms with E-state index < -0.39 is 10.0 Å².